The van der Waals surface area contributed by atoms with Crippen LogP contribution in [0.4, 0.5) is 5.95 Å². The molecule has 1 atom stereocenters. The lowest BCUT2D eigenvalue weighted by Crippen LogP contribution is -2.13. The van der Waals surface area contributed by atoms with Gasteiger partial charge in [-0.15, -0.1) is 10.2 Å². The zero-order chi connectivity index (χ0) is 11.0. The number of nitrogen functional groups attached to an aromatic ring is 1. The van der Waals surface area contributed by atoms with Gasteiger partial charge in [0.1, 0.15) is 6.33 Å². The number of imidazole rings is 1. The van der Waals surface area contributed by atoms with Crippen LogP contribution in [-0.2, 0) is 7.05 Å². The van der Waals surface area contributed by atoms with Crippen LogP contribution in [0, 0.1) is 6.92 Å². The summed E-state index contributed by atoms with van der Waals surface area (Å²) in [5.74, 6) is 1.36. The molecule has 2 rings (SSSR count). The van der Waals surface area contributed by atoms with Gasteiger partial charge in [0.2, 0.25) is 5.95 Å². The van der Waals surface area contributed by atoms with E-state index < -0.39 is 0 Å². The van der Waals surface area contributed by atoms with Gasteiger partial charge in [-0.25, -0.2) is 4.98 Å². The lowest BCUT2D eigenvalue weighted by Gasteiger charge is -2.13. The molecule has 0 aliphatic heterocycles. The zero-order valence-corrected chi connectivity index (χ0v) is 9.05. The second kappa shape index (κ2) is 3.38. The molecule has 80 valence electrons. The molecule has 2 heterocycles. The summed E-state index contributed by atoms with van der Waals surface area (Å²) in [6.07, 6.45) is 3.58. The van der Waals surface area contributed by atoms with Crippen LogP contribution >= 0.6 is 0 Å². The Hall–Kier alpha value is -1.85. The van der Waals surface area contributed by atoms with Crippen LogP contribution in [0.1, 0.15) is 24.5 Å². The van der Waals surface area contributed by atoms with Gasteiger partial charge in [-0.1, -0.05) is 0 Å². The highest BCUT2D eigenvalue weighted by Crippen LogP contribution is 2.18. The number of hydrogen-bond donors (Lipinski definition) is 1. The topological polar surface area (TPSA) is 74.5 Å². The second-order valence-electron chi connectivity index (χ2n) is 3.62. The molecule has 15 heavy (non-hydrogen) atoms. The fourth-order valence-electron chi connectivity index (χ4n) is 1.64. The molecule has 1 unspecified atom stereocenters. The molecule has 0 bridgehead atoms. The van der Waals surface area contributed by atoms with Crippen molar-refractivity contribution in [1.82, 2.24) is 24.3 Å². The van der Waals surface area contributed by atoms with Gasteiger partial charge < -0.3 is 14.9 Å². The lowest BCUT2D eigenvalue weighted by molar-refractivity contribution is 0.580. The Kier molecular flexibility index (Phi) is 2.18. The van der Waals surface area contributed by atoms with Crippen LogP contribution < -0.4 is 5.73 Å². The van der Waals surface area contributed by atoms with Gasteiger partial charge in [-0.3, -0.25) is 0 Å². The van der Waals surface area contributed by atoms with Crippen molar-refractivity contribution in [3.63, 3.8) is 0 Å². The normalized spacial score (nSPS) is 13.0. The molecule has 0 aliphatic rings. The van der Waals surface area contributed by atoms with Crippen LogP contribution in [0.5, 0.6) is 0 Å². The summed E-state index contributed by atoms with van der Waals surface area (Å²) in [6.45, 7) is 3.93. The van der Waals surface area contributed by atoms with E-state index in [0.29, 0.717) is 5.95 Å². The largest absolute Gasteiger partial charge is 0.369 e. The Morgan fingerprint density at radius 3 is 2.67 bits per heavy atom. The molecule has 2 aromatic heterocycles. The standard InChI is InChI=1S/C9H14N6/c1-6-4-15(9(10)12-6)7(2)8-13-11-5-14(8)3/h4-5,7H,1-3H3,(H2,10,12). The Labute approximate surface area is 87.8 Å². The Morgan fingerprint density at radius 1 is 1.47 bits per heavy atom. The maximum absolute atomic E-state index is 5.79. The molecule has 0 saturated carbocycles. The van der Waals surface area contributed by atoms with Crippen LogP contribution in [0.2, 0.25) is 0 Å². The monoisotopic (exact) mass is 206 g/mol. The van der Waals surface area contributed by atoms with E-state index in [4.69, 9.17) is 5.73 Å². The molecule has 2 N–H and O–H groups in total. The number of anilines is 1. The fraction of sp³-hybridized carbons (Fsp3) is 0.444. The maximum Gasteiger partial charge on any atom is 0.201 e. The van der Waals surface area contributed by atoms with Crippen molar-refractivity contribution in [3.05, 3.63) is 24.0 Å². The molecule has 0 spiro atoms. The van der Waals surface area contributed by atoms with Crippen LogP contribution in [0.15, 0.2) is 12.5 Å². The SMILES string of the molecule is Cc1cn(C(C)c2nncn2C)c(N)n1. The van der Waals surface area contributed by atoms with Gasteiger partial charge >= 0.3 is 0 Å². The first kappa shape index (κ1) is 9.70. The van der Waals surface area contributed by atoms with Gasteiger partial charge in [-0.05, 0) is 13.8 Å². The first-order valence-electron chi connectivity index (χ1n) is 4.74. The number of aromatic nitrogens is 5. The van der Waals surface area contributed by atoms with Crippen LogP contribution in [0.25, 0.3) is 0 Å². The molecule has 0 aliphatic carbocycles. The molecule has 0 amide bonds. The molecule has 0 saturated heterocycles. The quantitative estimate of drug-likeness (QED) is 0.777. The third-order valence-electron chi connectivity index (χ3n) is 2.42. The maximum atomic E-state index is 5.79. The van der Waals surface area contributed by atoms with Crippen molar-refractivity contribution in [2.45, 2.75) is 19.9 Å². The van der Waals surface area contributed by atoms with Gasteiger partial charge in [0, 0.05) is 13.2 Å². The molecular weight excluding hydrogens is 192 g/mol. The average molecular weight is 206 g/mol. The summed E-state index contributed by atoms with van der Waals surface area (Å²) >= 11 is 0. The van der Waals surface area contributed by atoms with Crippen molar-refractivity contribution in [1.29, 1.82) is 0 Å². The summed E-state index contributed by atoms with van der Waals surface area (Å²) < 4.78 is 3.76. The number of nitrogens with two attached hydrogens (primary N) is 1. The van der Waals surface area contributed by atoms with E-state index in [1.165, 1.54) is 0 Å². The highest BCUT2D eigenvalue weighted by Gasteiger charge is 2.15. The predicted octanol–water partition coefficient (Wildman–Crippen LogP) is 0.512. The Balaban J connectivity index is 2.40. The van der Waals surface area contributed by atoms with Crippen molar-refractivity contribution < 1.29 is 0 Å². The van der Waals surface area contributed by atoms with Gasteiger partial charge in [0.15, 0.2) is 5.82 Å². The molecule has 6 nitrogen and oxygen atoms in total. The minimum Gasteiger partial charge on any atom is -0.369 e. The molecule has 0 aromatic carbocycles. The number of nitrogens with zero attached hydrogens (tertiary/aromatic N) is 5. The minimum absolute atomic E-state index is 0.0405. The molecule has 0 radical (unpaired) electrons. The summed E-state index contributed by atoms with van der Waals surface area (Å²) in [7, 11) is 1.91. The van der Waals surface area contributed by atoms with Crippen molar-refractivity contribution in [2.24, 2.45) is 7.05 Å². The fourth-order valence-corrected chi connectivity index (χ4v) is 1.64. The minimum atomic E-state index is 0.0405. The highest BCUT2D eigenvalue weighted by atomic mass is 15.3. The second-order valence-corrected chi connectivity index (χ2v) is 3.62. The highest BCUT2D eigenvalue weighted by molar-refractivity contribution is 5.24. The summed E-state index contributed by atoms with van der Waals surface area (Å²) in [5.41, 5.74) is 6.70. The van der Waals surface area contributed by atoms with E-state index in [9.17, 15) is 0 Å². The number of hydrogen-bond acceptors (Lipinski definition) is 4. The van der Waals surface area contributed by atoms with Crippen LogP contribution in [0.3, 0.4) is 0 Å². The first-order chi connectivity index (χ1) is 7.09. The predicted molar refractivity (Wildman–Crippen MR) is 56.2 cm³/mol. The van der Waals surface area contributed by atoms with E-state index >= 15 is 0 Å². The van der Waals surface area contributed by atoms with Crippen molar-refractivity contribution in [2.75, 3.05) is 5.73 Å². The smallest absolute Gasteiger partial charge is 0.201 e. The lowest BCUT2D eigenvalue weighted by atomic mass is 10.3. The van der Waals surface area contributed by atoms with E-state index in [1.54, 1.807) is 6.33 Å². The summed E-state index contributed by atoms with van der Waals surface area (Å²) in [5, 5.41) is 7.89. The Bertz CT molecular complexity index is 469. The number of rotatable bonds is 2. The molecule has 0 fully saturated rings. The van der Waals surface area contributed by atoms with Crippen molar-refractivity contribution >= 4 is 5.95 Å². The Morgan fingerprint density at radius 2 is 2.20 bits per heavy atom. The average Bonchev–Trinajstić information content (AvgIpc) is 2.71. The van der Waals surface area contributed by atoms with Crippen molar-refractivity contribution in [3.8, 4) is 0 Å². The van der Waals surface area contributed by atoms with Crippen LogP contribution in [-0.4, -0.2) is 24.3 Å². The summed E-state index contributed by atoms with van der Waals surface area (Å²) in [6, 6.07) is 0.0405. The van der Waals surface area contributed by atoms with E-state index in [0.717, 1.165) is 11.5 Å². The summed E-state index contributed by atoms with van der Waals surface area (Å²) in [4.78, 5) is 4.15. The number of aryl methyl sites for hydroxylation is 2. The third kappa shape index (κ3) is 1.58. The third-order valence-corrected chi connectivity index (χ3v) is 2.42. The van der Waals surface area contributed by atoms with E-state index in [-0.39, 0.29) is 6.04 Å². The molecule has 2 aromatic rings. The molecular formula is C9H14N6. The van der Waals surface area contributed by atoms with Gasteiger partial charge in [0.25, 0.3) is 0 Å². The zero-order valence-electron chi connectivity index (χ0n) is 9.05. The van der Waals surface area contributed by atoms with Gasteiger partial charge in [-0.2, -0.15) is 0 Å². The van der Waals surface area contributed by atoms with Gasteiger partial charge in [0.05, 0.1) is 11.7 Å². The first-order valence-corrected chi connectivity index (χ1v) is 4.74. The van der Waals surface area contributed by atoms with E-state index in [1.807, 2.05) is 36.2 Å². The molecule has 6 heteroatoms. The van der Waals surface area contributed by atoms with E-state index in [2.05, 4.69) is 15.2 Å².